The van der Waals surface area contributed by atoms with Gasteiger partial charge in [-0.3, -0.25) is 14.5 Å². The summed E-state index contributed by atoms with van der Waals surface area (Å²) in [7, 11) is 0. The van der Waals surface area contributed by atoms with Gasteiger partial charge in [0.05, 0.1) is 13.2 Å². The number of hydrogen-bond donors (Lipinski definition) is 3. The number of benzene rings is 3. The van der Waals surface area contributed by atoms with E-state index in [1.807, 2.05) is 78.9 Å². The van der Waals surface area contributed by atoms with Crippen LogP contribution in [0.4, 0.5) is 0 Å². The molecule has 2 unspecified atom stereocenters. The molecule has 0 aliphatic carbocycles. The minimum absolute atomic E-state index is 0.157. The molecule has 0 saturated carbocycles. The predicted octanol–water partition coefficient (Wildman–Crippen LogP) is 3.63. The Morgan fingerprint density at radius 2 is 1.53 bits per heavy atom. The van der Waals surface area contributed by atoms with Crippen molar-refractivity contribution in [2.45, 2.75) is 44.7 Å². The number of carbonyl (C=O) groups excluding carboxylic acids is 1. The Bertz CT molecular complexity index is 1050. The smallest absolute Gasteiger partial charge is 0.323 e. The summed E-state index contributed by atoms with van der Waals surface area (Å²) in [5.41, 5.74) is 8.25. The molecule has 1 saturated heterocycles. The summed E-state index contributed by atoms with van der Waals surface area (Å²) in [5, 5.41) is 3.27. The van der Waals surface area contributed by atoms with Gasteiger partial charge in [-0.2, -0.15) is 5.48 Å². The van der Waals surface area contributed by atoms with Crippen molar-refractivity contribution in [3.05, 3.63) is 95.6 Å². The molecule has 34 heavy (non-hydrogen) atoms. The molecule has 7 heteroatoms. The van der Waals surface area contributed by atoms with Crippen LogP contribution in [0.5, 0.6) is 0 Å². The fourth-order valence-corrected chi connectivity index (χ4v) is 4.01. The Kier molecular flexibility index (Phi) is 8.78. The van der Waals surface area contributed by atoms with Gasteiger partial charge in [0, 0.05) is 12.6 Å². The maximum absolute atomic E-state index is 12.6. The zero-order valence-electron chi connectivity index (χ0n) is 19.1. The average Bonchev–Trinajstić information content (AvgIpc) is 2.89. The van der Waals surface area contributed by atoms with Crippen LogP contribution in [-0.2, 0) is 39.0 Å². The zero-order chi connectivity index (χ0) is 23.6. The summed E-state index contributed by atoms with van der Waals surface area (Å²) in [6.07, 6.45) is 1.53. The highest BCUT2D eigenvalue weighted by Gasteiger charge is 2.27. The van der Waals surface area contributed by atoms with Crippen molar-refractivity contribution >= 4 is 5.97 Å². The van der Waals surface area contributed by atoms with Crippen LogP contribution in [0.2, 0.25) is 0 Å². The van der Waals surface area contributed by atoms with E-state index < -0.39 is 0 Å². The third-order valence-electron chi connectivity index (χ3n) is 5.85. The Labute approximate surface area is 200 Å². The van der Waals surface area contributed by atoms with Crippen LogP contribution in [0.25, 0.3) is 11.1 Å². The summed E-state index contributed by atoms with van der Waals surface area (Å²) in [5.74, 6) is 4.96. The Hall–Kier alpha value is -3.07. The molecule has 1 fully saturated rings. The summed E-state index contributed by atoms with van der Waals surface area (Å²) in [4.78, 5) is 22.9. The maximum Gasteiger partial charge on any atom is 0.323 e. The van der Waals surface area contributed by atoms with E-state index in [9.17, 15) is 4.79 Å². The second-order valence-electron chi connectivity index (χ2n) is 8.45. The molecule has 178 valence electrons. The molecule has 7 nitrogen and oxygen atoms in total. The first-order chi connectivity index (χ1) is 16.7. The van der Waals surface area contributed by atoms with Gasteiger partial charge < -0.3 is 10.1 Å². The molecule has 3 aromatic carbocycles. The first-order valence-electron chi connectivity index (χ1n) is 11.5. The number of hydroxylamine groups is 1. The van der Waals surface area contributed by atoms with E-state index in [2.05, 4.69) is 10.8 Å². The number of carbonyl (C=O) groups is 1. The molecule has 1 aliphatic heterocycles. The first kappa shape index (κ1) is 24.1. The highest BCUT2D eigenvalue weighted by atomic mass is 16.6. The van der Waals surface area contributed by atoms with Crippen molar-refractivity contribution in [1.82, 2.24) is 10.8 Å². The lowest BCUT2D eigenvalue weighted by atomic mass is 10.0. The van der Waals surface area contributed by atoms with Gasteiger partial charge in [0.1, 0.15) is 12.6 Å². The van der Waals surface area contributed by atoms with Gasteiger partial charge in [0.2, 0.25) is 0 Å². The topological polar surface area (TPSA) is 94.8 Å². The predicted molar refractivity (Wildman–Crippen MR) is 130 cm³/mol. The number of piperidine rings is 1. The van der Waals surface area contributed by atoms with Crippen molar-refractivity contribution in [3.8, 4) is 11.1 Å². The minimum Gasteiger partial charge on any atom is -0.460 e. The molecular formula is C27H31N3O4. The van der Waals surface area contributed by atoms with Crippen molar-refractivity contribution in [2.75, 3.05) is 6.54 Å². The molecule has 2 atom stereocenters. The second kappa shape index (κ2) is 12.4. The third kappa shape index (κ3) is 6.96. The van der Waals surface area contributed by atoms with Crippen molar-refractivity contribution < 1.29 is 19.2 Å². The van der Waals surface area contributed by atoms with Gasteiger partial charge in [-0.25, -0.2) is 5.90 Å². The molecule has 0 aromatic heterocycles. The first-order valence-corrected chi connectivity index (χ1v) is 11.5. The SMILES string of the molecule is NOCc1cccc(-c2cccc(COC(=O)C3CCC(NOCc4ccccc4)CN3)c2)c1. The number of rotatable bonds is 10. The number of esters is 1. The maximum atomic E-state index is 12.6. The van der Waals surface area contributed by atoms with Gasteiger partial charge in [-0.05, 0) is 52.8 Å². The largest absolute Gasteiger partial charge is 0.460 e. The lowest BCUT2D eigenvalue weighted by molar-refractivity contribution is -0.148. The van der Waals surface area contributed by atoms with Gasteiger partial charge in [0.25, 0.3) is 0 Å². The lowest BCUT2D eigenvalue weighted by Gasteiger charge is -2.28. The second-order valence-corrected chi connectivity index (χ2v) is 8.45. The van der Waals surface area contributed by atoms with E-state index in [0.29, 0.717) is 26.2 Å². The normalized spacial score (nSPS) is 17.9. The highest BCUT2D eigenvalue weighted by Crippen LogP contribution is 2.22. The van der Waals surface area contributed by atoms with Crippen LogP contribution in [-0.4, -0.2) is 24.6 Å². The minimum atomic E-state index is -0.302. The number of hydrogen-bond acceptors (Lipinski definition) is 7. The molecule has 0 radical (unpaired) electrons. The van der Waals surface area contributed by atoms with Crippen LogP contribution >= 0.6 is 0 Å². The van der Waals surface area contributed by atoms with Crippen LogP contribution < -0.4 is 16.7 Å². The third-order valence-corrected chi connectivity index (χ3v) is 5.85. The molecule has 0 bridgehead atoms. The fourth-order valence-electron chi connectivity index (χ4n) is 4.01. The van der Waals surface area contributed by atoms with Gasteiger partial charge in [-0.15, -0.1) is 0 Å². The molecular weight excluding hydrogens is 430 g/mol. The van der Waals surface area contributed by atoms with Crippen molar-refractivity contribution in [1.29, 1.82) is 0 Å². The fraction of sp³-hybridized carbons (Fsp3) is 0.296. The molecule has 1 aliphatic rings. The van der Waals surface area contributed by atoms with Gasteiger partial charge in [0.15, 0.2) is 0 Å². The Morgan fingerprint density at radius 3 is 2.18 bits per heavy atom. The van der Waals surface area contributed by atoms with E-state index in [0.717, 1.165) is 34.2 Å². The summed E-state index contributed by atoms with van der Waals surface area (Å²) in [6, 6.07) is 25.9. The zero-order valence-corrected chi connectivity index (χ0v) is 19.1. The Morgan fingerprint density at radius 1 is 0.853 bits per heavy atom. The van der Waals surface area contributed by atoms with E-state index in [1.165, 1.54) is 0 Å². The van der Waals surface area contributed by atoms with Crippen LogP contribution in [0.1, 0.15) is 29.5 Å². The molecule has 4 rings (SSSR count). The van der Waals surface area contributed by atoms with Crippen LogP contribution in [0.15, 0.2) is 78.9 Å². The number of ether oxygens (including phenoxy) is 1. The van der Waals surface area contributed by atoms with E-state index >= 15 is 0 Å². The monoisotopic (exact) mass is 461 g/mol. The number of nitrogens with two attached hydrogens (primary N) is 1. The van der Waals surface area contributed by atoms with Crippen LogP contribution in [0, 0.1) is 0 Å². The average molecular weight is 462 g/mol. The number of nitrogens with one attached hydrogen (secondary N) is 2. The molecule has 0 spiro atoms. The summed E-state index contributed by atoms with van der Waals surface area (Å²) in [6.45, 7) is 1.74. The molecule has 3 aromatic rings. The molecule has 0 amide bonds. The molecule has 1 heterocycles. The Balaban J connectivity index is 1.21. The van der Waals surface area contributed by atoms with E-state index in [4.69, 9.17) is 20.3 Å². The summed E-state index contributed by atoms with van der Waals surface area (Å²) >= 11 is 0. The standard InChI is InChI=1S/C27H31N3O4/c28-33-18-22-9-5-11-24(15-22)23-10-4-8-21(14-23)17-32-27(31)26-13-12-25(16-29-26)30-34-19-20-6-2-1-3-7-20/h1-11,14-15,25-26,29-30H,12-13,16-19,28H2. The summed E-state index contributed by atoms with van der Waals surface area (Å²) < 4.78 is 5.61. The molecule has 4 N–H and O–H groups in total. The lowest BCUT2D eigenvalue weighted by Crippen LogP contribution is -2.51. The van der Waals surface area contributed by atoms with Gasteiger partial charge in [-0.1, -0.05) is 66.7 Å². The van der Waals surface area contributed by atoms with Crippen molar-refractivity contribution in [2.24, 2.45) is 5.90 Å². The van der Waals surface area contributed by atoms with E-state index in [1.54, 1.807) is 0 Å². The van der Waals surface area contributed by atoms with Crippen molar-refractivity contribution in [3.63, 3.8) is 0 Å². The highest BCUT2D eigenvalue weighted by molar-refractivity contribution is 5.76. The van der Waals surface area contributed by atoms with Crippen LogP contribution in [0.3, 0.4) is 0 Å². The van der Waals surface area contributed by atoms with E-state index in [-0.39, 0.29) is 24.7 Å². The quantitative estimate of drug-likeness (QED) is 0.313. The van der Waals surface area contributed by atoms with Gasteiger partial charge >= 0.3 is 5.97 Å².